The smallest absolute Gasteiger partial charge is 0.304 e. The lowest BCUT2D eigenvalue weighted by Crippen LogP contribution is -2.42. The van der Waals surface area contributed by atoms with Crippen molar-refractivity contribution in [1.82, 2.24) is 20.1 Å². The number of hydrogen-bond acceptors (Lipinski definition) is 7. The molecule has 3 aromatic rings. The van der Waals surface area contributed by atoms with E-state index in [1.54, 1.807) is 42.6 Å². The first-order valence-electron chi connectivity index (χ1n) is 11.3. The Balaban J connectivity index is 1.50. The van der Waals surface area contributed by atoms with Gasteiger partial charge >= 0.3 is 5.97 Å². The second-order valence-corrected chi connectivity index (χ2v) is 8.43. The maximum Gasteiger partial charge on any atom is 0.304 e. The molecule has 0 aliphatic carbocycles. The molecule has 0 atom stereocenters. The van der Waals surface area contributed by atoms with Gasteiger partial charge < -0.3 is 20.1 Å². The van der Waals surface area contributed by atoms with Crippen molar-refractivity contribution in [2.24, 2.45) is 0 Å². The number of ether oxygens (including phenoxy) is 1. The van der Waals surface area contributed by atoms with Crippen molar-refractivity contribution in [2.75, 3.05) is 32.1 Å². The van der Waals surface area contributed by atoms with Crippen molar-refractivity contribution in [3.05, 3.63) is 59.9 Å². The number of aromatic nitrogens is 3. The van der Waals surface area contributed by atoms with E-state index < -0.39 is 11.4 Å². The van der Waals surface area contributed by atoms with E-state index >= 15 is 0 Å². The fraction of sp³-hybridized carbons (Fsp3) is 0.320. The summed E-state index contributed by atoms with van der Waals surface area (Å²) in [5.74, 6) is -0.768. The number of methoxy groups -OCH3 is 1. The predicted molar refractivity (Wildman–Crippen MR) is 128 cm³/mol. The van der Waals surface area contributed by atoms with Crippen molar-refractivity contribution in [1.29, 1.82) is 5.26 Å². The Kier molecular flexibility index (Phi) is 7.08. The largest absolute Gasteiger partial charge is 0.495 e. The highest BCUT2D eigenvalue weighted by molar-refractivity contribution is 6.04. The number of carboxylic acid groups (broad SMARTS) is 1. The van der Waals surface area contributed by atoms with E-state index in [1.165, 1.54) is 7.11 Å². The van der Waals surface area contributed by atoms with Gasteiger partial charge in [-0.3, -0.25) is 14.7 Å². The zero-order chi connectivity index (χ0) is 24.8. The first kappa shape index (κ1) is 23.9. The molecule has 0 bridgehead atoms. The molecule has 1 saturated heterocycles. The third-order valence-electron chi connectivity index (χ3n) is 6.33. The average Bonchev–Trinajstić information content (AvgIpc) is 3.43. The van der Waals surface area contributed by atoms with Crippen LogP contribution in [0, 0.1) is 11.3 Å². The molecule has 1 aliphatic heterocycles. The third-order valence-corrected chi connectivity index (χ3v) is 6.33. The van der Waals surface area contributed by atoms with Crippen LogP contribution in [0.5, 0.6) is 5.75 Å². The Labute approximate surface area is 202 Å². The Bertz CT molecular complexity index is 1240. The molecule has 180 valence electrons. The number of likely N-dealkylation sites (tertiary alicyclic amines) is 1. The monoisotopic (exact) mass is 474 g/mol. The van der Waals surface area contributed by atoms with Gasteiger partial charge in [0.15, 0.2) is 0 Å². The van der Waals surface area contributed by atoms with Gasteiger partial charge in [0.25, 0.3) is 5.91 Å². The molecular formula is C25H26N6O4. The lowest BCUT2D eigenvalue weighted by Gasteiger charge is -2.37. The number of benzene rings is 1. The molecular weight excluding hydrogens is 448 g/mol. The van der Waals surface area contributed by atoms with E-state index in [9.17, 15) is 14.9 Å². The molecule has 1 amide bonds. The number of nitriles is 1. The molecule has 1 fully saturated rings. The minimum atomic E-state index is -0.826. The molecule has 3 heterocycles. The highest BCUT2D eigenvalue weighted by Crippen LogP contribution is 2.38. The van der Waals surface area contributed by atoms with Crippen molar-refractivity contribution < 1.29 is 19.4 Å². The van der Waals surface area contributed by atoms with Gasteiger partial charge in [-0.05, 0) is 61.8 Å². The fourth-order valence-electron chi connectivity index (χ4n) is 4.27. The number of rotatable bonds is 8. The molecule has 35 heavy (non-hydrogen) atoms. The number of aliphatic carboxylic acids is 1. The van der Waals surface area contributed by atoms with Gasteiger partial charge in [-0.2, -0.15) is 10.4 Å². The summed E-state index contributed by atoms with van der Waals surface area (Å²) in [5.41, 5.74) is 2.13. The molecule has 10 nitrogen and oxygen atoms in total. The number of hydrogen-bond donors (Lipinski definition) is 3. The van der Waals surface area contributed by atoms with E-state index in [0.29, 0.717) is 55.3 Å². The molecule has 0 saturated carbocycles. The van der Waals surface area contributed by atoms with Crippen LogP contribution in [0.25, 0.3) is 11.4 Å². The number of amides is 1. The van der Waals surface area contributed by atoms with Gasteiger partial charge in [0.1, 0.15) is 11.4 Å². The number of nitrogens with one attached hydrogen (secondary N) is 2. The lowest BCUT2D eigenvalue weighted by atomic mass is 9.74. The summed E-state index contributed by atoms with van der Waals surface area (Å²) in [4.78, 5) is 30.2. The number of carbonyl (C=O) groups is 2. The molecule has 2 aromatic heterocycles. The zero-order valence-electron chi connectivity index (χ0n) is 19.3. The summed E-state index contributed by atoms with van der Waals surface area (Å²) < 4.78 is 5.54. The van der Waals surface area contributed by atoms with Gasteiger partial charge in [-0.1, -0.05) is 12.1 Å². The number of pyridine rings is 1. The van der Waals surface area contributed by atoms with Crippen LogP contribution in [0.4, 0.5) is 5.69 Å². The van der Waals surface area contributed by atoms with E-state index in [4.69, 9.17) is 9.84 Å². The van der Waals surface area contributed by atoms with Crippen molar-refractivity contribution in [3.8, 4) is 23.2 Å². The van der Waals surface area contributed by atoms with E-state index in [0.717, 1.165) is 5.56 Å². The second kappa shape index (κ2) is 10.4. The Morgan fingerprint density at radius 2 is 2.06 bits per heavy atom. The first-order valence-corrected chi connectivity index (χ1v) is 11.3. The summed E-state index contributed by atoms with van der Waals surface area (Å²) in [7, 11) is 1.51. The topological polar surface area (TPSA) is 144 Å². The summed E-state index contributed by atoms with van der Waals surface area (Å²) in [6.07, 6.45) is 2.87. The van der Waals surface area contributed by atoms with E-state index in [1.807, 2.05) is 6.07 Å². The Hall–Kier alpha value is -4.23. The van der Waals surface area contributed by atoms with Crippen molar-refractivity contribution in [2.45, 2.75) is 24.7 Å². The molecule has 3 N–H and O–H groups in total. The number of aromatic amines is 1. The molecule has 1 aliphatic rings. The third kappa shape index (κ3) is 5.31. The minimum absolute atomic E-state index is 0.0847. The highest BCUT2D eigenvalue weighted by atomic mass is 16.5. The number of carboxylic acids is 1. The number of carbonyl (C=O) groups excluding carboxylic acids is 1. The standard InChI is InChI=1S/C25H26N6O4/c1-35-22-15-17(25(16-26)9-13-31(14-10-25)12-8-23(32)33)5-6-20(22)29-24(34)21-4-2-3-18(28-21)19-7-11-27-30-19/h2-7,11,15H,8-10,12-14H2,1H3,(H,27,30)(H,29,34)(H,32,33). The normalized spacial score (nSPS) is 15.2. The maximum atomic E-state index is 12.9. The molecule has 0 spiro atoms. The van der Waals surface area contributed by atoms with Gasteiger partial charge in [0.05, 0.1) is 42.1 Å². The van der Waals surface area contributed by atoms with Gasteiger partial charge in [0, 0.05) is 12.7 Å². The van der Waals surface area contributed by atoms with Crippen LogP contribution in [0.1, 0.15) is 35.3 Å². The molecule has 0 radical (unpaired) electrons. The summed E-state index contributed by atoms with van der Waals surface area (Å²) in [5, 5.41) is 28.5. The summed E-state index contributed by atoms with van der Waals surface area (Å²) >= 11 is 0. The van der Waals surface area contributed by atoms with Gasteiger partial charge in [-0.15, -0.1) is 0 Å². The fourth-order valence-corrected chi connectivity index (χ4v) is 4.27. The van der Waals surface area contributed by atoms with Crippen LogP contribution in [0.3, 0.4) is 0 Å². The first-order chi connectivity index (χ1) is 16.9. The van der Waals surface area contributed by atoms with Crippen LogP contribution in [-0.2, 0) is 10.2 Å². The Morgan fingerprint density at radius 3 is 2.71 bits per heavy atom. The Morgan fingerprint density at radius 1 is 1.26 bits per heavy atom. The molecule has 0 unspecified atom stereocenters. The zero-order valence-corrected chi connectivity index (χ0v) is 19.3. The quantitative estimate of drug-likeness (QED) is 0.452. The molecule has 1 aromatic carbocycles. The van der Waals surface area contributed by atoms with Crippen LogP contribution in [0.2, 0.25) is 0 Å². The maximum absolute atomic E-state index is 12.9. The van der Waals surface area contributed by atoms with Crippen molar-refractivity contribution >= 4 is 17.6 Å². The van der Waals surface area contributed by atoms with Crippen LogP contribution in [-0.4, -0.2) is 63.8 Å². The van der Waals surface area contributed by atoms with Crippen LogP contribution < -0.4 is 10.1 Å². The summed E-state index contributed by atoms with van der Waals surface area (Å²) in [6, 6.07) is 14.8. The molecule has 4 rings (SSSR count). The van der Waals surface area contributed by atoms with Gasteiger partial charge in [0.2, 0.25) is 0 Å². The average molecular weight is 475 g/mol. The number of nitrogens with zero attached hydrogens (tertiary/aromatic N) is 4. The number of piperidine rings is 1. The van der Waals surface area contributed by atoms with Crippen molar-refractivity contribution in [3.63, 3.8) is 0 Å². The SMILES string of the molecule is COc1cc(C2(C#N)CCN(CCC(=O)O)CC2)ccc1NC(=O)c1cccc(-c2ccn[nH]2)n1. The highest BCUT2D eigenvalue weighted by Gasteiger charge is 2.37. The number of anilines is 1. The second-order valence-electron chi connectivity index (χ2n) is 8.43. The predicted octanol–water partition coefficient (Wildman–Crippen LogP) is 3.06. The lowest BCUT2D eigenvalue weighted by molar-refractivity contribution is -0.137. The van der Waals surface area contributed by atoms with E-state index in [-0.39, 0.29) is 18.0 Å². The van der Waals surface area contributed by atoms with E-state index in [2.05, 4.69) is 31.5 Å². The minimum Gasteiger partial charge on any atom is -0.495 e. The summed E-state index contributed by atoms with van der Waals surface area (Å²) in [6.45, 7) is 1.75. The van der Waals surface area contributed by atoms with Gasteiger partial charge in [-0.25, -0.2) is 4.98 Å². The number of H-pyrrole nitrogens is 1. The van der Waals surface area contributed by atoms with Crippen LogP contribution >= 0.6 is 0 Å². The molecule has 10 heteroatoms. The van der Waals surface area contributed by atoms with Crippen LogP contribution in [0.15, 0.2) is 48.7 Å².